The first-order valence-corrected chi connectivity index (χ1v) is 9.81. The molecule has 2 aromatic heterocycles. The molecule has 0 aliphatic carbocycles. The lowest BCUT2D eigenvalue weighted by Crippen LogP contribution is -2.45. The Morgan fingerprint density at radius 1 is 1.07 bits per heavy atom. The lowest BCUT2D eigenvalue weighted by atomic mass is 10.2. The van der Waals surface area contributed by atoms with Crippen LogP contribution in [0.4, 0.5) is 11.4 Å². The number of hydrogen-bond donors (Lipinski definition) is 1. The van der Waals surface area contributed by atoms with Crippen LogP contribution in [0.25, 0.3) is 11.5 Å². The average Bonchev–Trinajstić information content (AvgIpc) is 3.16. The summed E-state index contributed by atoms with van der Waals surface area (Å²) in [5.74, 6) is 0.563. The molecule has 1 aliphatic rings. The Kier molecular flexibility index (Phi) is 5.57. The smallest absolute Gasteiger partial charge is 0.244 e. The fourth-order valence-electron chi connectivity index (χ4n) is 3.66. The van der Waals surface area contributed by atoms with Crippen LogP contribution >= 0.6 is 0 Å². The van der Waals surface area contributed by atoms with Gasteiger partial charge in [-0.1, -0.05) is 6.07 Å². The second kappa shape index (κ2) is 8.45. The van der Waals surface area contributed by atoms with E-state index in [0.29, 0.717) is 5.82 Å². The molecule has 1 aliphatic heterocycles. The summed E-state index contributed by atoms with van der Waals surface area (Å²) in [6.07, 6.45) is 5.60. The standard InChI is InChI=1S/C22H25N5O2/c1-16-13-27(14-17(2)29-16)19-8-6-18(7-9-19)25-21(28)15-26-12-11-24-22(26)20-5-3-4-10-23-20/h3-12,16-17H,13-15H2,1-2H3,(H,25,28). The van der Waals surface area contributed by atoms with Gasteiger partial charge >= 0.3 is 0 Å². The van der Waals surface area contributed by atoms with Crippen molar-refractivity contribution in [2.45, 2.75) is 32.6 Å². The second-order valence-corrected chi connectivity index (χ2v) is 7.35. The van der Waals surface area contributed by atoms with Crippen LogP contribution < -0.4 is 10.2 Å². The SMILES string of the molecule is CC1CN(c2ccc(NC(=O)Cn3ccnc3-c3ccccn3)cc2)CC(C)O1. The van der Waals surface area contributed by atoms with Crippen LogP contribution in [-0.2, 0) is 16.1 Å². The lowest BCUT2D eigenvalue weighted by molar-refractivity contribution is -0.116. The van der Waals surface area contributed by atoms with Crippen molar-refractivity contribution in [2.24, 2.45) is 0 Å². The molecule has 2 atom stereocenters. The molecule has 2 unspecified atom stereocenters. The molecule has 150 valence electrons. The van der Waals surface area contributed by atoms with Crippen molar-refractivity contribution in [1.82, 2.24) is 14.5 Å². The van der Waals surface area contributed by atoms with E-state index >= 15 is 0 Å². The van der Waals surface area contributed by atoms with E-state index < -0.39 is 0 Å². The minimum atomic E-state index is -0.110. The van der Waals surface area contributed by atoms with Crippen LogP contribution in [0.15, 0.2) is 61.1 Å². The number of benzene rings is 1. The Hall–Kier alpha value is -3.19. The monoisotopic (exact) mass is 391 g/mol. The summed E-state index contributed by atoms with van der Waals surface area (Å²) in [4.78, 5) is 23.5. The van der Waals surface area contributed by atoms with Gasteiger partial charge in [-0.2, -0.15) is 0 Å². The highest BCUT2D eigenvalue weighted by Crippen LogP contribution is 2.22. The second-order valence-electron chi connectivity index (χ2n) is 7.35. The molecular weight excluding hydrogens is 366 g/mol. The molecule has 1 saturated heterocycles. The molecule has 0 bridgehead atoms. The topological polar surface area (TPSA) is 72.3 Å². The van der Waals surface area contributed by atoms with Crippen LogP contribution in [0.5, 0.6) is 0 Å². The number of pyridine rings is 1. The van der Waals surface area contributed by atoms with Crippen molar-refractivity contribution in [3.63, 3.8) is 0 Å². The molecule has 1 aromatic carbocycles. The van der Waals surface area contributed by atoms with Gasteiger partial charge in [0.1, 0.15) is 12.2 Å². The number of morpholine rings is 1. The van der Waals surface area contributed by atoms with Gasteiger partial charge in [-0.25, -0.2) is 4.98 Å². The summed E-state index contributed by atoms with van der Waals surface area (Å²) < 4.78 is 7.59. The van der Waals surface area contributed by atoms with Crippen molar-refractivity contribution in [3.8, 4) is 11.5 Å². The van der Waals surface area contributed by atoms with Gasteiger partial charge in [-0.3, -0.25) is 9.78 Å². The number of rotatable bonds is 5. The zero-order valence-electron chi connectivity index (χ0n) is 16.7. The zero-order chi connectivity index (χ0) is 20.2. The number of carbonyl (C=O) groups excluding carboxylic acids is 1. The third-order valence-corrected chi connectivity index (χ3v) is 4.86. The Labute approximate surface area is 170 Å². The molecule has 0 saturated carbocycles. The van der Waals surface area contributed by atoms with Crippen LogP contribution in [0.2, 0.25) is 0 Å². The number of aromatic nitrogens is 3. The average molecular weight is 391 g/mol. The molecule has 7 nitrogen and oxygen atoms in total. The summed E-state index contributed by atoms with van der Waals surface area (Å²) >= 11 is 0. The highest BCUT2D eigenvalue weighted by molar-refractivity contribution is 5.91. The summed E-state index contributed by atoms with van der Waals surface area (Å²) in [5, 5.41) is 2.96. The van der Waals surface area contributed by atoms with Crippen LogP contribution in [0.1, 0.15) is 13.8 Å². The molecule has 7 heteroatoms. The van der Waals surface area contributed by atoms with E-state index in [2.05, 4.69) is 34.0 Å². The first-order valence-electron chi connectivity index (χ1n) is 9.81. The van der Waals surface area contributed by atoms with E-state index in [1.54, 1.807) is 23.2 Å². The highest BCUT2D eigenvalue weighted by Gasteiger charge is 2.22. The van der Waals surface area contributed by atoms with Crippen molar-refractivity contribution >= 4 is 17.3 Å². The Morgan fingerprint density at radius 3 is 2.52 bits per heavy atom. The Balaban J connectivity index is 1.39. The van der Waals surface area contributed by atoms with Crippen molar-refractivity contribution in [2.75, 3.05) is 23.3 Å². The van der Waals surface area contributed by atoms with Crippen molar-refractivity contribution in [3.05, 3.63) is 61.1 Å². The number of hydrogen-bond acceptors (Lipinski definition) is 5. The van der Waals surface area contributed by atoms with Gasteiger partial charge in [0.2, 0.25) is 5.91 Å². The molecule has 0 spiro atoms. The summed E-state index contributed by atoms with van der Waals surface area (Å²) in [6.45, 7) is 6.09. The number of ether oxygens (including phenoxy) is 1. The molecule has 1 amide bonds. The molecule has 3 aromatic rings. The minimum Gasteiger partial charge on any atom is -0.372 e. The summed E-state index contributed by atoms with van der Waals surface area (Å²) in [5.41, 5.74) is 2.65. The van der Waals surface area contributed by atoms with Crippen molar-refractivity contribution < 1.29 is 9.53 Å². The summed E-state index contributed by atoms with van der Waals surface area (Å²) in [7, 11) is 0. The highest BCUT2D eigenvalue weighted by atomic mass is 16.5. The van der Waals surface area contributed by atoms with Gasteiger partial charge in [0, 0.05) is 43.1 Å². The normalized spacial score (nSPS) is 19.2. The fourth-order valence-corrected chi connectivity index (χ4v) is 3.66. The zero-order valence-corrected chi connectivity index (χ0v) is 16.7. The van der Waals surface area contributed by atoms with Gasteiger partial charge in [0.25, 0.3) is 0 Å². The maximum atomic E-state index is 12.5. The molecule has 1 N–H and O–H groups in total. The maximum absolute atomic E-state index is 12.5. The molecule has 4 rings (SSSR count). The van der Waals surface area contributed by atoms with Crippen LogP contribution in [0.3, 0.4) is 0 Å². The molecule has 3 heterocycles. The third-order valence-electron chi connectivity index (χ3n) is 4.86. The van der Waals surface area contributed by atoms with Gasteiger partial charge in [0.05, 0.1) is 12.2 Å². The number of nitrogens with one attached hydrogen (secondary N) is 1. The first kappa shape index (κ1) is 19.1. The van der Waals surface area contributed by atoms with Crippen LogP contribution in [-0.4, -0.2) is 45.7 Å². The first-order chi connectivity index (χ1) is 14.1. The Bertz CT molecular complexity index is 945. The number of imidazole rings is 1. The van der Waals surface area contributed by atoms with E-state index in [9.17, 15) is 4.79 Å². The molecular formula is C22H25N5O2. The van der Waals surface area contributed by atoms with Gasteiger partial charge in [-0.05, 0) is 50.2 Å². The van der Waals surface area contributed by atoms with E-state index in [0.717, 1.165) is 30.2 Å². The predicted molar refractivity (Wildman–Crippen MR) is 113 cm³/mol. The van der Waals surface area contributed by atoms with E-state index in [-0.39, 0.29) is 24.7 Å². The number of nitrogens with zero attached hydrogens (tertiary/aromatic N) is 4. The Morgan fingerprint density at radius 2 is 1.83 bits per heavy atom. The molecule has 0 radical (unpaired) electrons. The number of carbonyl (C=O) groups is 1. The summed E-state index contributed by atoms with van der Waals surface area (Å²) in [6, 6.07) is 13.6. The van der Waals surface area contributed by atoms with E-state index in [4.69, 9.17) is 4.74 Å². The fraction of sp³-hybridized carbons (Fsp3) is 0.318. The maximum Gasteiger partial charge on any atom is 0.244 e. The van der Waals surface area contributed by atoms with Crippen molar-refractivity contribution in [1.29, 1.82) is 0 Å². The quantitative estimate of drug-likeness (QED) is 0.723. The van der Waals surface area contributed by atoms with E-state index in [1.165, 1.54) is 0 Å². The lowest BCUT2D eigenvalue weighted by Gasteiger charge is -2.36. The van der Waals surface area contributed by atoms with Gasteiger partial charge in [-0.15, -0.1) is 0 Å². The third kappa shape index (κ3) is 4.63. The minimum absolute atomic E-state index is 0.110. The van der Waals surface area contributed by atoms with E-state index in [1.807, 2.05) is 42.5 Å². The number of anilines is 2. The molecule has 1 fully saturated rings. The van der Waals surface area contributed by atoms with Crippen LogP contribution in [0, 0.1) is 0 Å². The molecule has 29 heavy (non-hydrogen) atoms. The van der Waals surface area contributed by atoms with Gasteiger partial charge in [0.15, 0.2) is 5.82 Å². The largest absolute Gasteiger partial charge is 0.372 e. The predicted octanol–water partition coefficient (Wildman–Crippen LogP) is 3.20. The number of amides is 1. The van der Waals surface area contributed by atoms with Gasteiger partial charge < -0.3 is 19.5 Å².